The van der Waals surface area contributed by atoms with E-state index in [0.29, 0.717) is 13.0 Å². The molecule has 0 bridgehead atoms. The maximum absolute atomic E-state index is 11.9. The Bertz CT molecular complexity index is 659. The van der Waals surface area contributed by atoms with Crippen molar-refractivity contribution in [2.45, 2.75) is 220 Å². The third-order valence-corrected chi connectivity index (χ3v) is 10.1. The summed E-state index contributed by atoms with van der Waals surface area (Å²) >= 11 is 0. The number of carbonyl (C=O) groups excluding carboxylic acids is 1. The van der Waals surface area contributed by atoms with Gasteiger partial charge in [0, 0.05) is 19.5 Å². The van der Waals surface area contributed by atoms with Crippen molar-refractivity contribution in [2.75, 3.05) is 39.8 Å². The largest absolute Gasteiger partial charge is 0.483 e. The Morgan fingerprint density at radius 3 is 1.29 bits per heavy atom. The third-order valence-electron chi connectivity index (χ3n) is 10.1. The number of nitrogens with zero attached hydrogens (tertiary/aromatic N) is 1. The van der Waals surface area contributed by atoms with Gasteiger partial charge in [-0.3, -0.25) is 14.4 Å². The fourth-order valence-corrected chi connectivity index (χ4v) is 6.86. The summed E-state index contributed by atoms with van der Waals surface area (Å²) in [5.41, 5.74) is 0. The molecule has 0 aromatic rings. The smallest absolute Gasteiger partial charge is 0.305 e. The van der Waals surface area contributed by atoms with Gasteiger partial charge in [-0.1, -0.05) is 188 Å². The van der Waals surface area contributed by atoms with Crippen LogP contribution >= 0.6 is 0 Å². The topological polar surface area (TPSA) is 116 Å². The van der Waals surface area contributed by atoms with E-state index in [1.807, 2.05) is 0 Å². The van der Waals surface area contributed by atoms with Crippen LogP contribution in [0.2, 0.25) is 0 Å². The summed E-state index contributed by atoms with van der Waals surface area (Å²) in [5.74, 6) is 1.00. The summed E-state index contributed by atoms with van der Waals surface area (Å²) < 4.78 is 5.40. The Morgan fingerprint density at radius 2 is 0.885 bits per heavy atom. The lowest BCUT2D eigenvalue weighted by Gasteiger charge is -2.22. The molecule has 0 amide bonds. The number of ether oxygens (including phenoxy) is 1. The predicted octanol–water partition coefficient (Wildman–Crippen LogP) is 12.2. The number of likely N-dealkylation sites (N-methyl/N-ethyl adjacent to an activating group) is 1. The van der Waals surface area contributed by atoms with E-state index in [2.05, 4.69) is 38.0 Å². The van der Waals surface area contributed by atoms with Crippen molar-refractivity contribution < 1.29 is 29.3 Å². The van der Waals surface area contributed by atoms with Crippen molar-refractivity contribution in [1.29, 1.82) is 0 Å². The second-order valence-electron chi connectivity index (χ2n) is 14.8. The van der Waals surface area contributed by atoms with Crippen LogP contribution in [-0.4, -0.2) is 73.9 Å². The molecule has 0 atom stereocenters. The van der Waals surface area contributed by atoms with E-state index < -0.39 is 0 Å². The first-order chi connectivity index (χ1) is 25.5. The third kappa shape index (κ3) is 50.4. The van der Waals surface area contributed by atoms with Crippen molar-refractivity contribution in [3.8, 4) is 0 Å². The van der Waals surface area contributed by atoms with Crippen LogP contribution in [-0.2, 0) is 19.1 Å². The highest BCUT2D eigenvalue weighted by atomic mass is 16.5. The minimum Gasteiger partial charge on any atom is -0.483 e. The monoisotopic (exact) mass is 743 g/mol. The molecule has 8 nitrogen and oxygen atoms in total. The van der Waals surface area contributed by atoms with E-state index in [4.69, 9.17) is 24.5 Å². The first-order valence-corrected chi connectivity index (χ1v) is 22.2. The van der Waals surface area contributed by atoms with Crippen LogP contribution in [0.5, 0.6) is 0 Å². The molecule has 8 heteroatoms. The summed E-state index contributed by atoms with van der Waals surface area (Å²) in [5, 5.41) is 17.1. The van der Waals surface area contributed by atoms with Crippen LogP contribution in [0.3, 0.4) is 0 Å². The Balaban J connectivity index is -0.00000371. The zero-order chi connectivity index (χ0) is 39.0. The first-order valence-electron chi connectivity index (χ1n) is 22.2. The molecule has 3 N–H and O–H groups in total. The SMILES string of the molecule is CCCCCCCCC(CCCCCCCC)CCCCCCCN(CCCCCCCC(=O)OCCCCCCC)CCNC.O=CO.O=CO. The molecule has 0 aliphatic heterocycles. The summed E-state index contributed by atoms with van der Waals surface area (Å²) in [6.07, 6.45) is 41.3. The van der Waals surface area contributed by atoms with Gasteiger partial charge in [0.1, 0.15) is 0 Å². The molecule has 0 saturated carbocycles. The lowest BCUT2D eigenvalue weighted by molar-refractivity contribution is -0.144. The zero-order valence-electron chi connectivity index (χ0n) is 35.2. The fourth-order valence-electron chi connectivity index (χ4n) is 6.86. The molecule has 0 fully saturated rings. The van der Waals surface area contributed by atoms with Crippen LogP contribution in [0.4, 0.5) is 0 Å². The van der Waals surface area contributed by atoms with Crippen molar-refractivity contribution >= 4 is 18.9 Å². The Kier molecular flexibility index (Phi) is 54.1. The van der Waals surface area contributed by atoms with Crippen LogP contribution in [0.1, 0.15) is 220 Å². The average molecular weight is 743 g/mol. The second-order valence-corrected chi connectivity index (χ2v) is 14.8. The molecule has 0 heterocycles. The molecular weight excluding hydrogens is 652 g/mol. The Labute approximate surface area is 323 Å². The van der Waals surface area contributed by atoms with Gasteiger partial charge >= 0.3 is 5.97 Å². The number of nitrogens with one attached hydrogen (secondary N) is 1. The van der Waals surface area contributed by atoms with Crippen molar-refractivity contribution in [1.82, 2.24) is 10.2 Å². The maximum Gasteiger partial charge on any atom is 0.305 e. The summed E-state index contributed by atoms with van der Waals surface area (Å²) in [7, 11) is 2.07. The molecule has 0 rings (SSSR count). The molecule has 0 saturated heterocycles. The number of carbonyl (C=O) groups is 3. The molecule has 0 radical (unpaired) electrons. The second kappa shape index (κ2) is 51.4. The lowest BCUT2D eigenvalue weighted by Crippen LogP contribution is -2.32. The number of hydrogen-bond donors (Lipinski definition) is 3. The molecule has 0 spiro atoms. The van der Waals surface area contributed by atoms with Gasteiger partial charge in [0.15, 0.2) is 0 Å². The van der Waals surface area contributed by atoms with E-state index >= 15 is 0 Å². The van der Waals surface area contributed by atoms with E-state index in [1.54, 1.807) is 0 Å². The highest BCUT2D eigenvalue weighted by Gasteiger charge is 2.10. The first kappa shape index (κ1) is 54.7. The van der Waals surface area contributed by atoms with Crippen molar-refractivity contribution in [3.05, 3.63) is 0 Å². The minimum atomic E-state index is -0.250. The molecule has 52 heavy (non-hydrogen) atoms. The standard InChI is InChI=1S/C42H86N2O2.2CH2O2/c1-5-8-11-14-18-25-32-41(33-26-19-15-12-9-6-2)34-27-20-16-22-29-37-44(39-36-43-4)38-30-23-17-21-28-35-42(45)46-40-31-24-13-10-7-3;2*2-1-3/h41,43H,5-40H2,1-4H3;2*1H,(H,2,3). The van der Waals surface area contributed by atoms with Gasteiger partial charge in [-0.2, -0.15) is 0 Å². The normalized spacial score (nSPS) is 10.8. The fraction of sp³-hybridized carbons (Fsp3) is 0.932. The summed E-state index contributed by atoms with van der Waals surface area (Å²) in [6.45, 7) is 11.7. The van der Waals surface area contributed by atoms with Gasteiger partial charge in [-0.15, -0.1) is 0 Å². The number of rotatable bonds is 39. The molecule has 0 aliphatic rings. The predicted molar refractivity (Wildman–Crippen MR) is 222 cm³/mol. The molecular formula is C44H90N2O6. The lowest BCUT2D eigenvalue weighted by atomic mass is 9.89. The zero-order valence-corrected chi connectivity index (χ0v) is 35.2. The van der Waals surface area contributed by atoms with Gasteiger partial charge < -0.3 is 25.2 Å². The number of unbranched alkanes of at least 4 members (excludes halogenated alkanes) is 22. The van der Waals surface area contributed by atoms with Gasteiger partial charge in [-0.25, -0.2) is 0 Å². The molecule has 0 unspecified atom stereocenters. The highest BCUT2D eigenvalue weighted by molar-refractivity contribution is 5.69. The highest BCUT2D eigenvalue weighted by Crippen LogP contribution is 2.25. The number of carboxylic acid groups (broad SMARTS) is 2. The van der Waals surface area contributed by atoms with Crippen LogP contribution < -0.4 is 5.32 Å². The van der Waals surface area contributed by atoms with E-state index in [1.165, 1.54) is 193 Å². The Hall–Kier alpha value is -1.67. The molecule has 0 aromatic carbocycles. The quantitative estimate of drug-likeness (QED) is 0.0324. The molecule has 312 valence electrons. The van der Waals surface area contributed by atoms with E-state index in [-0.39, 0.29) is 18.9 Å². The van der Waals surface area contributed by atoms with Gasteiger partial charge in [0.25, 0.3) is 12.9 Å². The number of hydrogen-bond acceptors (Lipinski definition) is 6. The van der Waals surface area contributed by atoms with Crippen LogP contribution in [0.15, 0.2) is 0 Å². The maximum atomic E-state index is 11.9. The van der Waals surface area contributed by atoms with Crippen molar-refractivity contribution in [2.24, 2.45) is 5.92 Å². The van der Waals surface area contributed by atoms with Crippen molar-refractivity contribution in [3.63, 3.8) is 0 Å². The summed E-state index contributed by atoms with van der Waals surface area (Å²) in [4.78, 5) is 31.3. The molecule has 0 aromatic heterocycles. The summed E-state index contributed by atoms with van der Waals surface area (Å²) in [6, 6.07) is 0. The van der Waals surface area contributed by atoms with Gasteiger partial charge in [0.05, 0.1) is 6.61 Å². The van der Waals surface area contributed by atoms with Crippen LogP contribution in [0, 0.1) is 5.92 Å². The average Bonchev–Trinajstić information content (AvgIpc) is 3.13. The number of esters is 1. The van der Waals surface area contributed by atoms with Gasteiger partial charge in [-0.05, 0) is 51.7 Å². The van der Waals surface area contributed by atoms with Gasteiger partial charge in [0.2, 0.25) is 0 Å². The van der Waals surface area contributed by atoms with E-state index in [9.17, 15) is 4.79 Å². The Morgan fingerprint density at radius 1 is 0.538 bits per heavy atom. The van der Waals surface area contributed by atoms with E-state index in [0.717, 1.165) is 31.7 Å². The minimum absolute atomic E-state index is 0.00915. The van der Waals surface area contributed by atoms with Crippen LogP contribution in [0.25, 0.3) is 0 Å². The molecule has 0 aliphatic carbocycles.